The van der Waals surface area contributed by atoms with Crippen molar-refractivity contribution in [2.75, 3.05) is 0 Å². The molecule has 186 valence electrons. The predicted octanol–water partition coefficient (Wildman–Crippen LogP) is 5.71. The molecule has 0 amide bonds. The molecular formula is C27H33N3O5. The van der Waals surface area contributed by atoms with E-state index in [4.69, 9.17) is 19.0 Å². The summed E-state index contributed by atoms with van der Waals surface area (Å²) >= 11 is 0. The fraction of sp³-hybridized carbons (Fsp3) is 0.593. The summed E-state index contributed by atoms with van der Waals surface area (Å²) in [7, 11) is 0. The molecule has 2 aromatic heterocycles. The lowest BCUT2D eigenvalue weighted by atomic mass is 9.95. The van der Waals surface area contributed by atoms with E-state index in [1.807, 2.05) is 46.8 Å². The standard InChI is InChI=1S/C27H33N3O5/c1-14-21(15(2)35-29-14)17-12-18(23(31)20-8-9-27(33-20)10-11-27)22-19(13-17)30(24(28-22)16-6-7-16)25(32)34-26(3,4)5/h12-13,16,20,23,31H,6-11H2,1-5H3. The average molecular weight is 480 g/mol. The molecule has 3 aliphatic rings. The Kier molecular flexibility index (Phi) is 4.96. The zero-order valence-electron chi connectivity index (χ0n) is 21.1. The minimum Gasteiger partial charge on any atom is -0.443 e. The number of ether oxygens (including phenoxy) is 2. The number of aromatic nitrogens is 3. The zero-order chi connectivity index (χ0) is 24.7. The van der Waals surface area contributed by atoms with E-state index in [-0.39, 0.29) is 17.6 Å². The minimum atomic E-state index is -0.855. The first kappa shape index (κ1) is 22.7. The molecule has 2 atom stereocenters. The number of fused-ring (bicyclic) bond motifs is 1. The summed E-state index contributed by atoms with van der Waals surface area (Å²) in [6.45, 7) is 9.33. The maximum atomic E-state index is 13.4. The van der Waals surface area contributed by atoms with Crippen LogP contribution >= 0.6 is 0 Å². The van der Waals surface area contributed by atoms with Crippen LogP contribution in [0.25, 0.3) is 22.2 Å². The first-order valence-corrected chi connectivity index (χ1v) is 12.6. The topological polar surface area (TPSA) is 99.6 Å². The molecule has 1 aromatic carbocycles. The average Bonchev–Trinajstić information content (AvgIpc) is 3.64. The van der Waals surface area contributed by atoms with Gasteiger partial charge >= 0.3 is 6.09 Å². The summed E-state index contributed by atoms with van der Waals surface area (Å²) in [5.74, 6) is 1.59. The van der Waals surface area contributed by atoms with Crippen LogP contribution in [0.4, 0.5) is 4.79 Å². The predicted molar refractivity (Wildman–Crippen MR) is 129 cm³/mol. The zero-order valence-corrected chi connectivity index (χ0v) is 21.1. The fourth-order valence-corrected chi connectivity index (χ4v) is 5.38. The van der Waals surface area contributed by atoms with Gasteiger partial charge in [0, 0.05) is 17.0 Å². The molecule has 35 heavy (non-hydrogen) atoms. The van der Waals surface area contributed by atoms with Crippen molar-refractivity contribution in [3.05, 3.63) is 35.0 Å². The van der Waals surface area contributed by atoms with E-state index in [0.29, 0.717) is 28.2 Å². The number of aryl methyl sites for hydroxylation is 2. The summed E-state index contributed by atoms with van der Waals surface area (Å²) in [6, 6.07) is 3.91. The second-order valence-electron chi connectivity index (χ2n) is 11.5. The maximum absolute atomic E-state index is 13.4. The van der Waals surface area contributed by atoms with E-state index in [0.717, 1.165) is 55.3 Å². The molecule has 8 nitrogen and oxygen atoms in total. The van der Waals surface area contributed by atoms with Crippen LogP contribution in [0, 0.1) is 13.8 Å². The van der Waals surface area contributed by atoms with Crippen LogP contribution < -0.4 is 0 Å². The number of imidazole rings is 1. The fourth-order valence-electron chi connectivity index (χ4n) is 5.38. The Morgan fingerprint density at radius 3 is 2.51 bits per heavy atom. The molecule has 8 heteroatoms. The molecule has 3 heterocycles. The lowest BCUT2D eigenvalue weighted by Crippen LogP contribution is -2.28. The summed E-state index contributed by atoms with van der Waals surface area (Å²) in [4.78, 5) is 18.4. The third-order valence-corrected chi connectivity index (χ3v) is 7.42. The lowest BCUT2D eigenvalue weighted by molar-refractivity contribution is -0.0452. The summed E-state index contributed by atoms with van der Waals surface area (Å²) in [5, 5.41) is 15.7. The molecule has 0 radical (unpaired) electrons. The van der Waals surface area contributed by atoms with Gasteiger partial charge in [0.1, 0.15) is 23.3 Å². The molecule has 2 saturated carbocycles. The van der Waals surface area contributed by atoms with Gasteiger partial charge in [0.2, 0.25) is 0 Å². The second-order valence-corrected chi connectivity index (χ2v) is 11.5. The van der Waals surface area contributed by atoms with Crippen molar-refractivity contribution < 1.29 is 23.9 Å². The van der Waals surface area contributed by atoms with Gasteiger partial charge in [-0.2, -0.15) is 0 Å². The van der Waals surface area contributed by atoms with Gasteiger partial charge in [0.05, 0.1) is 28.4 Å². The third-order valence-electron chi connectivity index (χ3n) is 7.42. The lowest BCUT2D eigenvalue weighted by Gasteiger charge is -2.22. The highest BCUT2D eigenvalue weighted by Gasteiger charge is 2.51. The van der Waals surface area contributed by atoms with Gasteiger partial charge in [-0.15, -0.1) is 0 Å². The van der Waals surface area contributed by atoms with E-state index in [9.17, 15) is 9.90 Å². The highest BCUT2D eigenvalue weighted by atomic mass is 16.6. The summed E-state index contributed by atoms with van der Waals surface area (Å²) < 4.78 is 19.1. The van der Waals surface area contributed by atoms with Crippen molar-refractivity contribution in [3.8, 4) is 11.1 Å². The molecule has 1 spiro atoms. The van der Waals surface area contributed by atoms with Crippen LogP contribution in [-0.2, 0) is 9.47 Å². The molecule has 2 aliphatic carbocycles. The van der Waals surface area contributed by atoms with Gasteiger partial charge < -0.3 is 19.1 Å². The summed E-state index contributed by atoms with van der Waals surface area (Å²) in [6.07, 6.45) is 4.26. The molecular weight excluding hydrogens is 446 g/mol. The van der Waals surface area contributed by atoms with Crippen LogP contribution in [0.3, 0.4) is 0 Å². The smallest absolute Gasteiger partial charge is 0.420 e. The highest BCUT2D eigenvalue weighted by molar-refractivity contribution is 5.93. The Hall–Kier alpha value is -2.71. The molecule has 6 rings (SSSR count). The number of rotatable bonds is 4. The van der Waals surface area contributed by atoms with E-state index in [1.165, 1.54) is 0 Å². The molecule has 1 N–H and O–H groups in total. The number of hydrogen-bond donors (Lipinski definition) is 1. The van der Waals surface area contributed by atoms with E-state index in [2.05, 4.69) is 5.16 Å². The number of carbonyl (C=O) groups is 1. The molecule has 1 aliphatic heterocycles. The Morgan fingerprint density at radius 2 is 1.94 bits per heavy atom. The van der Waals surface area contributed by atoms with Crippen LogP contribution in [0.5, 0.6) is 0 Å². The van der Waals surface area contributed by atoms with Gasteiger partial charge in [-0.1, -0.05) is 5.16 Å². The molecule has 0 bridgehead atoms. The number of nitrogens with zero attached hydrogens (tertiary/aromatic N) is 3. The Morgan fingerprint density at radius 1 is 1.20 bits per heavy atom. The van der Waals surface area contributed by atoms with Gasteiger partial charge in [-0.05, 0) is 90.8 Å². The first-order valence-electron chi connectivity index (χ1n) is 12.6. The third kappa shape index (κ3) is 3.96. The maximum Gasteiger partial charge on any atom is 0.420 e. The molecule has 3 fully saturated rings. The molecule has 3 aromatic rings. The highest BCUT2D eigenvalue weighted by Crippen LogP contribution is 2.52. The quantitative estimate of drug-likeness (QED) is 0.511. The van der Waals surface area contributed by atoms with Crippen molar-refractivity contribution in [2.45, 2.75) is 102 Å². The minimum absolute atomic E-state index is 0.0426. The number of carbonyl (C=O) groups excluding carboxylic acids is 1. The molecule has 1 saturated heterocycles. The number of hydrogen-bond acceptors (Lipinski definition) is 7. The first-order chi connectivity index (χ1) is 16.6. The molecule has 2 unspecified atom stereocenters. The van der Waals surface area contributed by atoms with Crippen molar-refractivity contribution >= 4 is 17.1 Å². The van der Waals surface area contributed by atoms with Gasteiger partial charge in [0.25, 0.3) is 0 Å². The Balaban J connectivity index is 1.55. The van der Waals surface area contributed by atoms with Crippen LogP contribution in [-0.4, -0.2) is 43.2 Å². The SMILES string of the molecule is Cc1noc(C)c1-c1cc(C(O)C2CCC3(CC3)O2)c2nc(C3CC3)n(C(=O)OC(C)(C)C)c2c1. The number of aliphatic hydroxyl groups excluding tert-OH is 1. The van der Waals surface area contributed by atoms with E-state index >= 15 is 0 Å². The Bertz CT molecular complexity index is 1300. The number of benzene rings is 1. The summed E-state index contributed by atoms with van der Waals surface area (Å²) in [5.41, 5.74) is 3.68. The Labute approximate surface area is 204 Å². The largest absolute Gasteiger partial charge is 0.443 e. The van der Waals surface area contributed by atoms with E-state index in [1.54, 1.807) is 4.57 Å². The van der Waals surface area contributed by atoms with Gasteiger partial charge in [-0.25, -0.2) is 14.3 Å². The van der Waals surface area contributed by atoms with Crippen molar-refractivity contribution in [3.63, 3.8) is 0 Å². The van der Waals surface area contributed by atoms with Crippen molar-refractivity contribution in [2.24, 2.45) is 0 Å². The van der Waals surface area contributed by atoms with Crippen LogP contribution in [0.1, 0.15) is 94.2 Å². The number of aliphatic hydroxyl groups is 1. The normalized spacial score (nSPS) is 22.2. The van der Waals surface area contributed by atoms with E-state index < -0.39 is 17.8 Å². The van der Waals surface area contributed by atoms with Gasteiger partial charge in [-0.3, -0.25) is 0 Å². The monoisotopic (exact) mass is 479 g/mol. The van der Waals surface area contributed by atoms with Crippen LogP contribution in [0.2, 0.25) is 0 Å². The van der Waals surface area contributed by atoms with Gasteiger partial charge in [0.15, 0.2) is 0 Å². The van der Waals surface area contributed by atoms with Crippen molar-refractivity contribution in [1.29, 1.82) is 0 Å². The van der Waals surface area contributed by atoms with Crippen molar-refractivity contribution in [1.82, 2.24) is 14.7 Å². The van der Waals surface area contributed by atoms with Crippen LogP contribution in [0.15, 0.2) is 16.7 Å². The second kappa shape index (κ2) is 7.64.